The van der Waals surface area contributed by atoms with Gasteiger partial charge in [-0.15, -0.1) is 0 Å². The first-order chi connectivity index (χ1) is 3.41. The molecule has 0 aliphatic heterocycles. The molecule has 7 heavy (non-hydrogen) atoms. The SMILES string of the molecule is C/C=C/CC=CO. The Balaban J connectivity index is 2.98. The van der Waals surface area contributed by atoms with Crippen molar-refractivity contribution in [3.63, 3.8) is 0 Å². The number of aliphatic hydroxyl groups excluding tert-OH is 1. The Bertz CT molecular complexity index is 62.2. The van der Waals surface area contributed by atoms with Crippen LogP contribution in [0.3, 0.4) is 0 Å². The highest BCUT2D eigenvalue weighted by molar-refractivity contribution is 4.86. The first-order valence-electron chi connectivity index (χ1n) is 2.32. The zero-order chi connectivity index (χ0) is 5.54. The molecule has 1 heteroatoms. The second-order valence-corrected chi connectivity index (χ2v) is 1.19. The van der Waals surface area contributed by atoms with Crippen molar-refractivity contribution in [3.05, 3.63) is 24.5 Å². The molecule has 0 aliphatic carbocycles. The van der Waals surface area contributed by atoms with Crippen molar-refractivity contribution >= 4 is 0 Å². The lowest BCUT2D eigenvalue weighted by atomic mass is 10.4. The fourth-order valence-corrected chi connectivity index (χ4v) is 0.276. The van der Waals surface area contributed by atoms with Gasteiger partial charge in [-0.3, -0.25) is 0 Å². The molecule has 0 fully saturated rings. The van der Waals surface area contributed by atoms with Gasteiger partial charge in [-0.25, -0.2) is 0 Å². The van der Waals surface area contributed by atoms with Gasteiger partial charge in [0.05, 0.1) is 6.26 Å². The lowest BCUT2D eigenvalue weighted by molar-refractivity contribution is 0.471. The van der Waals surface area contributed by atoms with Crippen molar-refractivity contribution in [2.24, 2.45) is 0 Å². The summed E-state index contributed by atoms with van der Waals surface area (Å²) in [5.74, 6) is 0. The van der Waals surface area contributed by atoms with E-state index >= 15 is 0 Å². The molecular weight excluding hydrogens is 88.1 g/mol. The van der Waals surface area contributed by atoms with Crippen LogP contribution in [0.2, 0.25) is 0 Å². The van der Waals surface area contributed by atoms with Gasteiger partial charge in [-0.2, -0.15) is 0 Å². The number of allylic oxidation sites excluding steroid dienone is 3. The number of aliphatic hydroxyl groups is 1. The van der Waals surface area contributed by atoms with Crippen LogP contribution in [0.25, 0.3) is 0 Å². The monoisotopic (exact) mass is 98.1 g/mol. The van der Waals surface area contributed by atoms with Crippen molar-refractivity contribution in [2.75, 3.05) is 0 Å². The van der Waals surface area contributed by atoms with E-state index in [0.29, 0.717) is 0 Å². The average Bonchev–Trinajstić information content (AvgIpc) is 1.69. The van der Waals surface area contributed by atoms with Crippen LogP contribution >= 0.6 is 0 Å². The van der Waals surface area contributed by atoms with E-state index < -0.39 is 0 Å². The molecule has 0 aliphatic rings. The Morgan fingerprint density at radius 3 is 2.57 bits per heavy atom. The third kappa shape index (κ3) is 5.28. The van der Waals surface area contributed by atoms with E-state index in [1.54, 1.807) is 6.08 Å². The molecule has 0 bridgehead atoms. The maximum atomic E-state index is 8.08. The molecule has 0 aromatic heterocycles. The smallest absolute Gasteiger partial charge is 0.0754 e. The van der Waals surface area contributed by atoms with Crippen LogP contribution in [0.5, 0.6) is 0 Å². The van der Waals surface area contributed by atoms with E-state index in [1.165, 1.54) is 0 Å². The third-order valence-corrected chi connectivity index (χ3v) is 0.613. The Morgan fingerprint density at radius 1 is 1.43 bits per heavy atom. The molecule has 0 amide bonds. The summed E-state index contributed by atoms with van der Waals surface area (Å²) in [5.41, 5.74) is 0. The summed E-state index contributed by atoms with van der Waals surface area (Å²) >= 11 is 0. The Kier molecular flexibility index (Phi) is 4.74. The first-order valence-corrected chi connectivity index (χ1v) is 2.32. The lowest BCUT2D eigenvalue weighted by Gasteiger charge is -1.73. The summed E-state index contributed by atoms with van der Waals surface area (Å²) in [7, 11) is 0. The van der Waals surface area contributed by atoms with Gasteiger partial charge in [0, 0.05) is 0 Å². The van der Waals surface area contributed by atoms with Crippen molar-refractivity contribution in [3.8, 4) is 0 Å². The maximum Gasteiger partial charge on any atom is 0.0754 e. The minimum Gasteiger partial charge on any atom is -0.516 e. The molecule has 1 nitrogen and oxygen atoms in total. The van der Waals surface area contributed by atoms with Crippen LogP contribution in [-0.4, -0.2) is 5.11 Å². The second kappa shape index (κ2) is 5.28. The van der Waals surface area contributed by atoms with Crippen LogP contribution in [0.15, 0.2) is 24.5 Å². The van der Waals surface area contributed by atoms with E-state index in [2.05, 4.69) is 0 Å². The van der Waals surface area contributed by atoms with Gasteiger partial charge in [0.15, 0.2) is 0 Å². The fourth-order valence-electron chi connectivity index (χ4n) is 0.276. The summed E-state index contributed by atoms with van der Waals surface area (Å²) < 4.78 is 0. The topological polar surface area (TPSA) is 20.2 Å². The Hall–Kier alpha value is -0.720. The van der Waals surface area contributed by atoms with Gasteiger partial charge in [0.2, 0.25) is 0 Å². The van der Waals surface area contributed by atoms with Gasteiger partial charge < -0.3 is 5.11 Å². The van der Waals surface area contributed by atoms with Gasteiger partial charge in [-0.1, -0.05) is 12.2 Å². The minimum atomic E-state index is 0.826. The lowest BCUT2D eigenvalue weighted by Crippen LogP contribution is -1.54. The summed E-state index contributed by atoms with van der Waals surface area (Å²) in [6, 6.07) is 0. The van der Waals surface area contributed by atoms with E-state index in [9.17, 15) is 0 Å². The predicted molar refractivity (Wildman–Crippen MR) is 31.2 cm³/mol. The Morgan fingerprint density at radius 2 is 2.14 bits per heavy atom. The molecule has 0 spiro atoms. The molecule has 0 radical (unpaired) electrons. The van der Waals surface area contributed by atoms with Gasteiger partial charge in [0.1, 0.15) is 0 Å². The molecule has 0 saturated carbocycles. The standard InChI is InChI=1S/C6H10O/c1-2-3-4-5-6-7/h2-3,5-7H,4H2,1H3/b3-2+,6-5?. The number of hydrogen-bond acceptors (Lipinski definition) is 1. The average molecular weight is 98.1 g/mol. The predicted octanol–water partition coefficient (Wildman–Crippen LogP) is 2.02. The second-order valence-electron chi connectivity index (χ2n) is 1.19. The van der Waals surface area contributed by atoms with Crippen LogP contribution in [0.1, 0.15) is 13.3 Å². The summed E-state index contributed by atoms with van der Waals surface area (Å²) in [6.07, 6.45) is 7.47. The molecule has 0 aromatic carbocycles. The van der Waals surface area contributed by atoms with Crippen molar-refractivity contribution in [1.29, 1.82) is 0 Å². The highest BCUT2D eigenvalue weighted by Gasteiger charge is 1.62. The summed E-state index contributed by atoms with van der Waals surface area (Å²) in [5, 5.41) is 8.08. The van der Waals surface area contributed by atoms with Crippen molar-refractivity contribution < 1.29 is 5.11 Å². The van der Waals surface area contributed by atoms with E-state index in [4.69, 9.17) is 5.11 Å². The molecular formula is C6H10O. The van der Waals surface area contributed by atoms with Gasteiger partial charge >= 0.3 is 0 Å². The first kappa shape index (κ1) is 6.28. The van der Waals surface area contributed by atoms with Crippen LogP contribution in [0.4, 0.5) is 0 Å². The largest absolute Gasteiger partial charge is 0.516 e. The van der Waals surface area contributed by atoms with Crippen LogP contribution in [0, 0.1) is 0 Å². The third-order valence-electron chi connectivity index (χ3n) is 0.613. The number of rotatable bonds is 2. The van der Waals surface area contributed by atoms with Crippen molar-refractivity contribution in [1.82, 2.24) is 0 Å². The van der Waals surface area contributed by atoms with Crippen LogP contribution < -0.4 is 0 Å². The normalized spacial score (nSPS) is 11.6. The van der Waals surface area contributed by atoms with E-state index in [0.717, 1.165) is 12.7 Å². The zero-order valence-corrected chi connectivity index (χ0v) is 4.46. The molecule has 0 unspecified atom stereocenters. The van der Waals surface area contributed by atoms with Crippen LogP contribution in [-0.2, 0) is 0 Å². The van der Waals surface area contributed by atoms with Gasteiger partial charge in [0.25, 0.3) is 0 Å². The van der Waals surface area contributed by atoms with Crippen molar-refractivity contribution in [2.45, 2.75) is 13.3 Å². The zero-order valence-electron chi connectivity index (χ0n) is 4.46. The molecule has 0 saturated heterocycles. The maximum absolute atomic E-state index is 8.08. The highest BCUT2D eigenvalue weighted by atomic mass is 16.2. The molecule has 40 valence electrons. The quantitative estimate of drug-likeness (QED) is 0.414. The molecule has 0 heterocycles. The van der Waals surface area contributed by atoms with E-state index in [-0.39, 0.29) is 0 Å². The highest BCUT2D eigenvalue weighted by Crippen LogP contribution is 1.81. The molecule has 0 rings (SSSR count). The fraction of sp³-hybridized carbons (Fsp3) is 0.333. The molecule has 0 aromatic rings. The number of hydrogen-bond donors (Lipinski definition) is 1. The minimum absolute atomic E-state index is 0.826. The summed E-state index contributed by atoms with van der Waals surface area (Å²) in [6.45, 7) is 1.95. The molecule has 0 atom stereocenters. The Labute approximate surface area is 44.0 Å². The van der Waals surface area contributed by atoms with E-state index in [1.807, 2.05) is 19.1 Å². The summed E-state index contributed by atoms with van der Waals surface area (Å²) in [4.78, 5) is 0. The van der Waals surface area contributed by atoms with Gasteiger partial charge in [-0.05, 0) is 19.4 Å². The molecule has 1 N–H and O–H groups in total.